The van der Waals surface area contributed by atoms with Crippen LogP contribution in [0.2, 0.25) is 0 Å². The van der Waals surface area contributed by atoms with E-state index in [1.54, 1.807) is 69.9 Å². The first-order valence-electron chi connectivity index (χ1n) is 13.9. The molecule has 0 fully saturated rings. The van der Waals surface area contributed by atoms with E-state index in [4.69, 9.17) is 0 Å². The molecule has 44 heavy (non-hydrogen) atoms. The Hall–Kier alpha value is -4.34. The molecular weight excluding hydrogens is 627 g/mol. The summed E-state index contributed by atoms with van der Waals surface area (Å²) in [6.07, 6.45) is 3.50. The van der Waals surface area contributed by atoms with Gasteiger partial charge in [-0.3, -0.25) is 9.97 Å². The Kier molecular flexibility index (Phi) is 5.17. The summed E-state index contributed by atoms with van der Waals surface area (Å²) in [6.45, 7) is 0. The van der Waals surface area contributed by atoms with Gasteiger partial charge in [-0.1, -0.05) is 48.5 Å². The number of aromatic nitrogens is 2. The second kappa shape index (κ2) is 9.09. The van der Waals surface area contributed by atoms with Crippen LogP contribution in [-0.4, -0.2) is 9.97 Å². The molecule has 6 heterocycles. The van der Waals surface area contributed by atoms with Crippen LogP contribution >= 0.6 is 45.3 Å². The fourth-order valence-electron chi connectivity index (χ4n) is 6.16. The number of thiophene rings is 4. The lowest BCUT2D eigenvalue weighted by Gasteiger charge is -2.03. The molecule has 2 nitrogen and oxygen atoms in total. The van der Waals surface area contributed by atoms with Crippen molar-refractivity contribution in [2.24, 2.45) is 0 Å². The molecule has 10 rings (SSSR count). The van der Waals surface area contributed by atoms with Gasteiger partial charge in [-0.15, -0.1) is 45.3 Å². The molecule has 8 heteroatoms. The third-order valence-electron chi connectivity index (χ3n) is 8.30. The van der Waals surface area contributed by atoms with E-state index in [-0.39, 0.29) is 11.6 Å². The van der Waals surface area contributed by atoms with Crippen molar-refractivity contribution in [3.8, 4) is 21.1 Å². The van der Waals surface area contributed by atoms with Crippen molar-refractivity contribution in [3.63, 3.8) is 0 Å². The molecule has 0 N–H and O–H groups in total. The lowest BCUT2D eigenvalue weighted by molar-refractivity contribution is 0.638. The van der Waals surface area contributed by atoms with Gasteiger partial charge in [-0.2, -0.15) is 0 Å². The quantitative estimate of drug-likeness (QED) is 0.187. The summed E-state index contributed by atoms with van der Waals surface area (Å²) in [5.74, 6) is -0.545. The van der Waals surface area contributed by atoms with Crippen LogP contribution in [-0.2, 0) is 0 Å². The number of fused-ring (bicyclic) bond motifs is 9. The first kappa shape index (κ1) is 25.0. The fourth-order valence-corrected chi connectivity index (χ4v) is 11.0. The zero-order valence-corrected chi connectivity index (χ0v) is 25.8. The summed E-state index contributed by atoms with van der Waals surface area (Å²) in [5, 5.41) is 7.44. The van der Waals surface area contributed by atoms with Crippen LogP contribution in [0, 0.1) is 11.6 Å². The van der Waals surface area contributed by atoms with Crippen LogP contribution in [0.5, 0.6) is 0 Å². The first-order chi connectivity index (χ1) is 21.6. The number of pyridine rings is 2. The topological polar surface area (TPSA) is 25.8 Å². The highest BCUT2D eigenvalue weighted by Crippen LogP contribution is 2.49. The van der Waals surface area contributed by atoms with E-state index in [0.717, 1.165) is 40.7 Å². The van der Waals surface area contributed by atoms with Crippen molar-refractivity contribution in [2.45, 2.75) is 0 Å². The average molecular weight is 643 g/mol. The SMILES string of the molecule is Fc1c(-c2cc3cc4sc5c6cc7sc(-c8ncc9ccccc9c8F)cc7cc6sc5c4cc3s2)ncc2ccccc12. The summed E-state index contributed by atoms with van der Waals surface area (Å²) in [6, 6.07) is 28.0. The van der Waals surface area contributed by atoms with E-state index in [1.165, 1.54) is 29.6 Å². The van der Waals surface area contributed by atoms with Crippen molar-refractivity contribution >= 4 is 117 Å². The Bertz CT molecular complexity index is 2630. The molecule has 0 aliphatic heterocycles. The minimum absolute atomic E-state index is 0.273. The Labute approximate surface area is 264 Å². The monoisotopic (exact) mass is 642 g/mol. The van der Waals surface area contributed by atoms with Crippen LogP contribution in [0.3, 0.4) is 0 Å². The highest BCUT2D eigenvalue weighted by Gasteiger charge is 2.19. The molecule has 0 amide bonds. The molecule has 0 saturated heterocycles. The molecule has 0 atom stereocenters. The van der Waals surface area contributed by atoms with Gasteiger partial charge in [0.15, 0.2) is 11.6 Å². The van der Waals surface area contributed by atoms with Crippen LogP contribution in [0.15, 0.2) is 97.3 Å². The maximum Gasteiger partial charge on any atom is 0.158 e. The smallest absolute Gasteiger partial charge is 0.158 e. The van der Waals surface area contributed by atoms with Crippen LogP contribution in [0.25, 0.3) is 92.4 Å². The molecule has 4 aromatic carbocycles. The van der Waals surface area contributed by atoms with Gasteiger partial charge in [0, 0.05) is 63.5 Å². The largest absolute Gasteiger partial charge is 0.252 e. The molecule has 0 aliphatic carbocycles. The Morgan fingerprint density at radius 1 is 0.432 bits per heavy atom. The molecule has 0 bridgehead atoms. The number of hydrogen-bond acceptors (Lipinski definition) is 6. The number of rotatable bonds is 2. The zero-order valence-electron chi connectivity index (χ0n) is 22.5. The van der Waals surface area contributed by atoms with Gasteiger partial charge < -0.3 is 0 Å². The summed E-state index contributed by atoms with van der Waals surface area (Å²) in [5.41, 5.74) is 0.803. The molecule has 0 spiro atoms. The number of hydrogen-bond donors (Lipinski definition) is 0. The number of nitrogens with zero attached hydrogens (tertiary/aromatic N) is 2. The maximum atomic E-state index is 15.5. The Balaban J connectivity index is 1.10. The van der Waals surface area contributed by atoms with E-state index in [1.807, 2.05) is 36.4 Å². The van der Waals surface area contributed by atoms with Crippen molar-refractivity contribution in [1.82, 2.24) is 9.97 Å². The third kappa shape index (κ3) is 3.53. The highest BCUT2D eigenvalue weighted by atomic mass is 32.1. The van der Waals surface area contributed by atoms with Crippen molar-refractivity contribution < 1.29 is 8.78 Å². The van der Waals surface area contributed by atoms with E-state index >= 15 is 8.78 Å². The molecule has 6 aromatic heterocycles. The van der Waals surface area contributed by atoms with Crippen molar-refractivity contribution in [3.05, 3.63) is 109 Å². The molecule has 0 radical (unpaired) electrons. The van der Waals surface area contributed by atoms with Gasteiger partial charge in [0.1, 0.15) is 11.4 Å². The predicted octanol–water partition coefficient (Wildman–Crippen LogP) is 12.4. The zero-order chi connectivity index (χ0) is 29.1. The van der Waals surface area contributed by atoms with Gasteiger partial charge in [0.2, 0.25) is 0 Å². The maximum absolute atomic E-state index is 15.5. The normalized spacial score (nSPS) is 12.3. The molecule has 0 saturated carbocycles. The summed E-state index contributed by atoms with van der Waals surface area (Å²) in [7, 11) is 0. The van der Waals surface area contributed by atoms with Gasteiger partial charge >= 0.3 is 0 Å². The van der Waals surface area contributed by atoms with E-state index in [2.05, 4.69) is 46.4 Å². The van der Waals surface area contributed by atoms with Gasteiger partial charge in [0.05, 0.1) is 19.2 Å². The first-order valence-corrected chi connectivity index (χ1v) is 17.2. The molecular formula is C36H16F2N2S4. The highest BCUT2D eigenvalue weighted by molar-refractivity contribution is 7.37. The second-order valence-corrected chi connectivity index (χ2v) is 15.1. The average Bonchev–Trinajstić information content (AvgIpc) is 3.81. The lowest BCUT2D eigenvalue weighted by atomic mass is 10.1. The van der Waals surface area contributed by atoms with E-state index in [0.29, 0.717) is 22.2 Å². The summed E-state index contributed by atoms with van der Waals surface area (Å²) < 4.78 is 38.1. The van der Waals surface area contributed by atoms with Gasteiger partial charge in [-0.05, 0) is 47.2 Å². The third-order valence-corrected chi connectivity index (χ3v) is 13.0. The van der Waals surface area contributed by atoms with Gasteiger partial charge in [-0.25, -0.2) is 8.78 Å². The van der Waals surface area contributed by atoms with Gasteiger partial charge in [0.25, 0.3) is 0 Å². The predicted molar refractivity (Wildman–Crippen MR) is 187 cm³/mol. The van der Waals surface area contributed by atoms with E-state index < -0.39 is 0 Å². The Morgan fingerprint density at radius 3 is 1.36 bits per heavy atom. The fraction of sp³-hybridized carbons (Fsp3) is 0. The van der Waals surface area contributed by atoms with Crippen molar-refractivity contribution in [2.75, 3.05) is 0 Å². The molecule has 0 unspecified atom stereocenters. The van der Waals surface area contributed by atoms with Crippen LogP contribution < -0.4 is 0 Å². The Morgan fingerprint density at radius 2 is 0.886 bits per heavy atom. The number of benzene rings is 4. The molecule has 10 aromatic rings. The minimum atomic E-state index is -0.273. The molecule has 208 valence electrons. The molecule has 0 aliphatic rings. The summed E-state index contributed by atoms with van der Waals surface area (Å²) in [4.78, 5) is 10.6. The minimum Gasteiger partial charge on any atom is -0.252 e. The van der Waals surface area contributed by atoms with E-state index in [9.17, 15) is 0 Å². The summed E-state index contributed by atoms with van der Waals surface area (Å²) >= 11 is 6.76. The van der Waals surface area contributed by atoms with Crippen molar-refractivity contribution in [1.29, 1.82) is 0 Å². The number of halogens is 2. The van der Waals surface area contributed by atoms with Crippen LogP contribution in [0.1, 0.15) is 0 Å². The lowest BCUT2D eigenvalue weighted by Crippen LogP contribution is -1.88. The van der Waals surface area contributed by atoms with Crippen LogP contribution in [0.4, 0.5) is 8.78 Å². The second-order valence-electron chi connectivity index (χ2n) is 10.9. The standard InChI is InChI=1S/C36H16F2N2S4/c37-31-21-7-3-1-5-17(21)15-39-33(31)29-11-19-9-27-23(13-25(19)41-29)35-36(43-27)24-14-26-20(10-28(24)44-35)12-30(42-26)34-32(38)22-8-4-2-6-18(22)16-40-34/h1-16H.